The van der Waals surface area contributed by atoms with Gasteiger partial charge in [0.05, 0.1) is 18.3 Å². The number of hydrogen-bond donors (Lipinski definition) is 2. The van der Waals surface area contributed by atoms with Crippen LogP contribution in [0.3, 0.4) is 0 Å². The largest absolute Gasteiger partial charge is 0.508 e. The van der Waals surface area contributed by atoms with Gasteiger partial charge < -0.3 is 10.4 Å². The molecule has 2 N–H and O–H groups in total. The van der Waals surface area contributed by atoms with Crippen molar-refractivity contribution in [2.75, 3.05) is 5.32 Å². The van der Waals surface area contributed by atoms with Crippen molar-refractivity contribution in [3.8, 4) is 5.75 Å². The number of amides is 1. The van der Waals surface area contributed by atoms with E-state index in [1.54, 1.807) is 36.7 Å². The summed E-state index contributed by atoms with van der Waals surface area (Å²) in [6, 6.07) is 8.65. The van der Waals surface area contributed by atoms with Gasteiger partial charge >= 0.3 is 0 Å². The van der Waals surface area contributed by atoms with Crippen molar-refractivity contribution in [1.82, 2.24) is 4.98 Å². The number of anilines is 1. The summed E-state index contributed by atoms with van der Waals surface area (Å²) in [7, 11) is 0. The van der Waals surface area contributed by atoms with Gasteiger partial charge in [0.15, 0.2) is 0 Å². The van der Waals surface area contributed by atoms with Crippen LogP contribution in [0.4, 0.5) is 5.69 Å². The third kappa shape index (κ3) is 3.07. The van der Waals surface area contributed by atoms with Gasteiger partial charge in [-0.3, -0.25) is 9.78 Å². The van der Waals surface area contributed by atoms with E-state index in [-0.39, 0.29) is 18.1 Å². The maximum absolute atomic E-state index is 11.8. The quantitative estimate of drug-likeness (QED) is 0.868. The minimum Gasteiger partial charge on any atom is -0.508 e. The average molecular weight is 242 g/mol. The van der Waals surface area contributed by atoms with Crippen molar-refractivity contribution in [2.24, 2.45) is 0 Å². The van der Waals surface area contributed by atoms with E-state index in [1.807, 2.05) is 13.0 Å². The summed E-state index contributed by atoms with van der Waals surface area (Å²) in [5.74, 6) is -0.0427. The number of phenolic OH excluding ortho intramolecular Hbond substituents is 1. The van der Waals surface area contributed by atoms with Gasteiger partial charge in [0.25, 0.3) is 0 Å². The zero-order valence-electron chi connectivity index (χ0n) is 10.1. The minimum atomic E-state index is -0.177. The molecule has 0 bridgehead atoms. The summed E-state index contributed by atoms with van der Waals surface area (Å²) in [5, 5.41) is 12.3. The normalized spacial score (nSPS) is 10.1. The Morgan fingerprint density at radius 3 is 2.83 bits per heavy atom. The molecule has 0 saturated carbocycles. The van der Waals surface area contributed by atoms with Crippen LogP contribution in [0.25, 0.3) is 0 Å². The summed E-state index contributed by atoms with van der Waals surface area (Å²) in [6.45, 7) is 1.91. The number of rotatable bonds is 3. The number of carbonyl (C=O) groups is 1. The van der Waals surface area contributed by atoms with Gasteiger partial charge in [-0.1, -0.05) is 18.2 Å². The highest BCUT2D eigenvalue weighted by atomic mass is 16.3. The summed E-state index contributed by atoms with van der Waals surface area (Å²) >= 11 is 0. The monoisotopic (exact) mass is 242 g/mol. The van der Waals surface area contributed by atoms with Crippen LogP contribution in [0.2, 0.25) is 0 Å². The molecule has 2 rings (SSSR count). The number of aryl methyl sites for hydroxylation is 1. The lowest BCUT2D eigenvalue weighted by Gasteiger charge is -2.06. The molecule has 0 aliphatic rings. The van der Waals surface area contributed by atoms with Crippen LogP contribution in [-0.4, -0.2) is 16.0 Å². The second-order valence-electron chi connectivity index (χ2n) is 4.10. The predicted molar refractivity (Wildman–Crippen MR) is 69.4 cm³/mol. The SMILES string of the molecule is Cc1cncc(NC(=O)Cc2ccccc2O)c1. The fourth-order valence-electron chi connectivity index (χ4n) is 1.66. The van der Waals surface area contributed by atoms with Crippen LogP contribution in [0, 0.1) is 6.92 Å². The fraction of sp³-hybridized carbons (Fsp3) is 0.143. The molecule has 0 unspecified atom stereocenters. The second-order valence-corrected chi connectivity index (χ2v) is 4.10. The third-order valence-electron chi connectivity index (χ3n) is 2.50. The molecule has 0 spiro atoms. The van der Waals surface area contributed by atoms with Crippen molar-refractivity contribution in [2.45, 2.75) is 13.3 Å². The molecule has 0 atom stereocenters. The number of pyridine rings is 1. The molecule has 0 aliphatic carbocycles. The van der Waals surface area contributed by atoms with Gasteiger partial charge in [0.1, 0.15) is 5.75 Å². The van der Waals surface area contributed by atoms with E-state index in [0.29, 0.717) is 11.3 Å². The highest BCUT2D eigenvalue weighted by Crippen LogP contribution is 2.17. The smallest absolute Gasteiger partial charge is 0.228 e. The summed E-state index contributed by atoms with van der Waals surface area (Å²) in [4.78, 5) is 15.8. The molecular formula is C14H14N2O2. The zero-order chi connectivity index (χ0) is 13.0. The first-order valence-electron chi connectivity index (χ1n) is 5.63. The first-order chi connectivity index (χ1) is 8.65. The second kappa shape index (κ2) is 5.31. The molecule has 0 fully saturated rings. The Morgan fingerprint density at radius 2 is 2.11 bits per heavy atom. The Morgan fingerprint density at radius 1 is 1.33 bits per heavy atom. The molecule has 1 aromatic heterocycles. The lowest BCUT2D eigenvalue weighted by Crippen LogP contribution is -2.14. The van der Waals surface area contributed by atoms with E-state index in [1.165, 1.54) is 0 Å². The maximum atomic E-state index is 11.8. The number of carbonyl (C=O) groups excluding carboxylic acids is 1. The number of nitrogens with one attached hydrogen (secondary N) is 1. The first-order valence-corrected chi connectivity index (χ1v) is 5.63. The molecule has 0 aliphatic heterocycles. The van der Waals surface area contributed by atoms with E-state index in [0.717, 1.165) is 5.56 Å². The summed E-state index contributed by atoms with van der Waals surface area (Å²) in [5.41, 5.74) is 2.25. The van der Waals surface area contributed by atoms with Crippen LogP contribution < -0.4 is 5.32 Å². The zero-order valence-corrected chi connectivity index (χ0v) is 10.1. The van der Waals surface area contributed by atoms with Crippen molar-refractivity contribution in [1.29, 1.82) is 0 Å². The Balaban J connectivity index is 2.03. The van der Waals surface area contributed by atoms with E-state index < -0.39 is 0 Å². The Labute approximate surface area is 105 Å². The van der Waals surface area contributed by atoms with Crippen LogP contribution in [0.5, 0.6) is 5.75 Å². The number of para-hydroxylation sites is 1. The number of aromatic hydroxyl groups is 1. The number of nitrogens with zero attached hydrogens (tertiary/aromatic N) is 1. The molecular weight excluding hydrogens is 228 g/mol. The molecule has 0 saturated heterocycles. The van der Waals surface area contributed by atoms with E-state index in [2.05, 4.69) is 10.3 Å². The number of phenols is 1. The summed E-state index contributed by atoms with van der Waals surface area (Å²) < 4.78 is 0. The van der Waals surface area contributed by atoms with Crippen LogP contribution in [0.1, 0.15) is 11.1 Å². The van der Waals surface area contributed by atoms with Crippen molar-refractivity contribution in [3.05, 3.63) is 53.9 Å². The van der Waals surface area contributed by atoms with Crippen LogP contribution >= 0.6 is 0 Å². The lowest BCUT2D eigenvalue weighted by molar-refractivity contribution is -0.115. The van der Waals surface area contributed by atoms with Crippen molar-refractivity contribution >= 4 is 11.6 Å². The number of aromatic nitrogens is 1. The van der Waals surface area contributed by atoms with E-state index in [4.69, 9.17) is 0 Å². The number of hydrogen-bond acceptors (Lipinski definition) is 3. The van der Waals surface area contributed by atoms with Crippen LogP contribution in [0.15, 0.2) is 42.7 Å². The number of benzene rings is 1. The highest BCUT2D eigenvalue weighted by Gasteiger charge is 2.07. The lowest BCUT2D eigenvalue weighted by atomic mass is 10.1. The van der Waals surface area contributed by atoms with Crippen molar-refractivity contribution in [3.63, 3.8) is 0 Å². The van der Waals surface area contributed by atoms with Gasteiger partial charge in [-0.15, -0.1) is 0 Å². The maximum Gasteiger partial charge on any atom is 0.228 e. The highest BCUT2D eigenvalue weighted by molar-refractivity contribution is 5.92. The Kier molecular flexibility index (Phi) is 3.57. The predicted octanol–water partition coefficient (Wildman–Crippen LogP) is 2.28. The molecule has 18 heavy (non-hydrogen) atoms. The topological polar surface area (TPSA) is 62.2 Å². The molecule has 4 heteroatoms. The van der Waals surface area contributed by atoms with Gasteiger partial charge in [0, 0.05) is 11.8 Å². The standard InChI is InChI=1S/C14H14N2O2/c1-10-6-12(9-15-8-10)16-14(18)7-11-4-2-3-5-13(11)17/h2-6,8-9,17H,7H2,1H3,(H,16,18). The first kappa shape index (κ1) is 12.1. The Hall–Kier alpha value is -2.36. The Bertz CT molecular complexity index is 567. The van der Waals surface area contributed by atoms with Crippen LogP contribution in [-0.2, 0) is 11.2 Å². The molecule has 0 radical (unpaired) electrons. The van der Waals surface area contributed by atoms with E-state index in [9.17, 15) is 9.90 Å². The molecule has 2 aromatic rings. The van der Waals surface area contributed by atoms with Gasteiger partial charge in [0.2, 0.25) is 5.91 Å². The molecule has 92 valence electrons. The minimum absolute atomic E-state index is 0.134. The summed E-state index contributed by atoms with van der Waals surface area (Å²) in [6.07, 6.45) is 3.45. The third-order valence-corrected chi connectivity index (χ3v) is 2.50. The van der Waals surface area contributed by atoms with Gasteiger partial charge in [-0.2, -0.15) is 0 Å². The molecule has 4 nitrogen and oxygen atoms in total. The molecule has 1 heterocycles. The van der Waals surface area contributed by atoms with Crippen molar-refractivity contribution < 1.29 is 9.90 Å². The average Bonchev–Trinajstić information content (AvgIpc) is 2.32. The van der Waals surface area contributed by atoms with E-state index >= 15 is 0 Å². The molecule has 1 aromatic carbocycles. The fourth-order valence-corrected chi connectivity index (χ4v) is 1.66. The molecule has 1 amide bonds. The van der Waals surface area contributed by atoms with Gasteiger partial charge in [-0.25, -0.2) is 0 Å². The van der Waals surface area contributed by atoms with Gasteiger partial charge in [-0.05, 0) is 24.6 Å².